The second-order valence-electron chi connectivity index (χ2n) is 7.48. The van der Waals surface area contributed by atoms with Gasteiger partial charge in [0, 0.05) is 13.0 Å². The van der Waals surface area contributed by atoms with Crippen LogP contribution in [0.25, 0.3) is 0 Å². The van der Waals surface area contributed by atoms with Gasteiger partial charge in [0.05, 0.1) is 25.2 Å². The van der Waals surface area contributed by atoms with Crippen molar-refractivity contribution in [3.8, 4) is 5.75 Å². The Morgan fingerprint density at radius 2 is 1.90 bits per heavy atom. The van der Waals surface area contributed by atoms with Gasteiger partial charge in [0.2, 0.25) is 5.91 Å². The fraction of sp³-hybridized carbons (Fsp3) is 0.409. The number of hydrogen-bond donors (Lipinski definition) is 2. The van der Waals surface area contributed by atoms with E-state index in [0.29, 0.717) is 5.75 Å². The van der Waals surface area contributed by atoms with Crippen LogP contribution in [-0.2, 0) is 11.4 Å². The minimum Gasteiger partial charge on any atom is -0.492 e. The molecule has 0 aliphatic carbocycles. The summed E-state index contributed by atoms with van der Waals surface area (Å²) in [5.74, 6) is -3.38. The summed E-state index contributed by atoms with van der Waals surface area (Å²) in [7, 11) is 0. The van der Waals surface area contributed by atoms with Crippen LogP contribution in [0.2, 0.25) is 0 Å². The fourth-order valence-electron chi connectivity index (χ4n) is 3.49. The minimum atomic E-state index is -2.95. The molecule has 162 valence electrons. The Kier molecular flexibility index (Phi) is 6.99. The third-order valence-corrected chi connectivity index (χ3v) is 5.15. The molecule has 0 radical (unpaired) electrons. The van der Waals surface area contributed by atoms with E-state index in [1.165, 1.54) is 29.2 Å². The average Bonchev–Trinajstić information content (AvgIpc) is 3.04. The van der Waals surface area contributed by atoms with Crippen LogP contribution in [0.3, 0.4) is 0 Å². The van der Waals surface area contributed by atoms with Crippen LogP contribution in [0, 0.1) is 5.82 Å². The highest BCUT2D eigenvalue weighted by atomic mass is 19.3. The van der Waals surface area contributed by atoms with Gasteiger partial charge in [-0.3, -0.25) is 9.69 Å². The summed E-state index contributed by atoms with van der Waals surface area (Å²) < 4.78 is 46.5. The summed E-state index contributed by atoms with van der Waals surface area (Å²) in [5.41, 5.74) is 1.57. The monoisotopic (exact) mass is 422 g/mol. The van der Waals surface area contributed by atoms with E-state index in [0.717, 1.165) is 11.1 Å². The Labute approximate surface area is 173 Å². The van der Waals surface area contributed by atoms with Crippen molar-refractivity contribution in [2.24, 2.45) is 0 Å². The summed E-state index contributed by atoms with van der Waals surface area (Å²) in [4.78, 5) is 14.1. The number of hydrogen-bond acceptors (Lipinski definition) is 4. The van der Waals surface area contributed by atoms with E-state index < -0.39 is 36.7 Å². The molecule has 0 aromatic heterocycles. The molecule has 0 spiro atoms. The maximum Gasteiger partial charge on any atom is 0.262 e. The van der Waals surface area contributed by atoms with Crippen LogP contribution in [0.5, 0.6) is 5.75 Å². The Balaban J connectivity index is 1.58. The number of likely N-dealkylation sites (tertiary alicyclic amines) is 1. The number of nitrogens with one attached hydrogen (secondary N) is 1. The number of aliphatic hydroxyl groups excluding tert-OH is 1. The Bertz CT molecular complexity index is 844. The zero-order chi connectivity index (χ0) is 21.7. The summed E-state index contributed by atoms with van der Waals surface area (Å²) in [6.07, 6.45) is -0.550. The molecule has 1 aliphatic heterocycles. The molecule has 30 heavy (non-hydrogen) atoms. The summed E-state index contributed by atoms with van der Waals surface area (Å²) >= 11 is 0. The molecule has 2 N–H and O–H groups in total. The third kappa shape index (κ3) is 5.73. The number of alkyl halides is 2. The number of amides is 1. The van der Waals surface area contributed by atoms with Crippen molar-refractivity contribution in [3.63, 3.8) is 0 Å². The third-order valence-electron chi connectivity index (χ3n) is 5.15. The highest BCUT2D eigenvalue weighted by Crippen LogP contribution is 2.32. The molecule has 2 aromatic carbocycles. The molecular formula is C22H25F3N2O3. The normalized spacial score (nSPS) is 19.4. The fourth-order valence-corrected chi connectivity index (χ4v) is 3.49. The van der Waals surface area contributed by atoms with E-state index in [1.54, 1.807) is 31.2 Å². The molecule has 0 saturated carbocycles. The van der Waals surface area contributed by atoms with E-state index >= 15 is 0 Å². The van der Waals surface area contributed by atoms with Gasteiger partial charge in [-0.2, -0.15) is 0 Å². The number of carbonyl (C=O) groups excluding carboxylic acids is 1. The Morgan fingerprint density at radius 1 is 1.23 bits per heavy atom. The number of rotatable bonds is 8. The minimum absolute atomic E-state index is 0.0763. The van der Waals surface area contributed by atoms with Gasteiger partial charge in [0.25, 0.3) is 5.92 Å². The van der Waals surface area contributed by atoms with Gasteiger partial charge in [-0.05, 0) is 42.3 Å². The summed E-state index contributed by atoms with van der Waals surface area (Å²) in [6.45, 7) is 1.43. The van der Waals surface area contributed by atoms with Crippen LogP contribution >= 0.6 is 0 Å². The molecule has 2 aromatic rings. The van der Waals surface area contributed by atoms with Crippen LogP contribution in [0.15, 0.2) is 48.5 Å². The number of halogens is 3. The predicted octanol–water partition coefficient (Wildman–Crippen LogP) is 3.28. The van der Waals surface area contributed by atoms with Gasteiger partial charge in [-0.15, -0.1) is 0 Å². The zero-order valence-electron chi connectivity index (χ0n) is 16.7. The Morgan fingerprint density at radius 3 is 2.53 bits per heavy atom. The standard InChI is InChI=1S/C22H25F3N2O3/c1-15(17-4-2-16(13-28)3-5-17)26-21(29)20-12-22(24,25)14-27(20)10-11-30-19-8-6-18(23)7-9-19/h2-9,15,20,28H,10-14H2,1H3,(H,26,29)/t15-,20+/m0/s1. The number of benzene rings is 2. The summed E-state index contributed by atoms with van der Waals surface area (Å²) in [6, 6.07) is 11.2. The molecule has 1 saturated heterocycles. The first-order chi connectivity index (χ1) is 14.3. The number of aliphatic hydroxyl groups is 1. The van der Waals surface area contributed by atoms with Crippen LogP contribution in [-0.4, -0.2) is 47.6 Å². The lowest BCUT2D eigenvalue weighted by atomic mass is 10.1. The average molecular weight is 422 g/mol. The number of nitrogens with zero attached hydrogens (tertiary/aromatic N) is 1. The first-order valence-electron chi connectivity index (χ1n) is 9.78. The summed E-state index contributed by atoms with van der Waals surface area (Å²) in [5, 5.41) is 11.9. The van der Waals surface area contributed by atoms with Gasteiger partial charge >= 0.3 is 0 Å². The maximum atomic E-state index is 14.0. The lowest BCUT2D eigenvalue weighted by molar-refractivity contribution is -0.126. The van der Waals surface area contributed by atoms with E-state index in [9.17, 15) is 18.0 Å². The highest BCUT2D eigenvalue weighted by molar-refractivity contribution is 5.82. The van der Waals surface area contributed by atoms with Crippen LogP contribution in [0.4, 0.5) is 13.2 Å². The van der Waals surface area contributed by atoms with Gasteiger partial charge < -0.3 is 15.2 Å². The van der Waals surface area contributed by atoms with Crippen LogP contribution < -0.4 is 10.1 Å². The topological polar surface area (TPSA) is 61.8 Å². The van der Waals surface area contributed by atoms with Crippen molar-refractivity contribution >= 4 is 5.91 Å². The maximum absolute atomic E-state index is 14.0. The molecule has 1 heterocycles. The molecule has 1 amide bonds. The second-order valence-corrected chi connectivity index (χ2v) is 7.48. The lowest BCUT2D eigenvalue weighted by Gasteiger charge is -2.24. The molecular weight excluding hydrogens is 397 g/mol. The molecule has 0 unspecified atom stereocenters. The second kappa shape index (κ2) is 9.49. The predicted molar refractivity (Wildman–Crippen MR) is 106 cm³/mol. The van der Waals surface area contributed by atoms with Crippen molar-refractivity contribution in [3.05, 3.63) is 65.5 Å². The first-order valence-corrected chi connectivity index (χ1v) is 9.78. The van der Waals surface area contributed by atoms with Gasteiger partial charge in [0.15, 0.2) is 0 Å². The quantitative estimate of drug-likeness (QED) is 0.686. The van der Waals surface area contributed by atoms with Crippen molar-refractivity contribution in [1.82, 2.24) is 10.2 Å². The number of carbonyl (C=O) groups is 1. The van der Waals surface area contributed by atoms with Crippen molar-refractivity contribution in [2.75, 3.05) is 19.7 Å². The first kappa shape index (κ1) is 22.1. The smallest absolute Gasteiger partial charge is 0.262 e. The van der Waals surface area contributed by atoms with Crippen molar-refractivity contribution in [2.45, 2.75) is 38.0 Å². The number of ether oxygens (including phenoxy) is 1. The largest absolute Gasteiger partial charge is 0.492 e. The Hall–Kier alpha value is -2.58. The van der Waals surface area contributed by atoms with Crippen LogP contribution in [0.1, 0.15) is 30.5 Å². The van der Waals surface area contributed by atoms with Gasteiger partial charge in [0.1, 0.15) is 18.2 Å². The molecule has 1 fully saturated rings. The van der Waals surface area contributed by atoms with Crippen molar-refractivity contribution < 1.29 is 27.8 Å². The van der Waals surface area contributed by atoms with Crippen molar-refractivity contribution in [1.29, 1.82) is 0 Å². The van der Waals surface area contributed by atoms with E-state index in [4.69, 9.17) is 9.84 Å². The molecule has 1 aliphatic rings. The zero-order valence-corrected chi connectivity index (χ0v) is 16.7. The molecule has 5 nitrogen and oxygen atoms in total. The van der Waals surface area contributed by atoms with Gasteiger partial charge in [-0.25, -0.2) is 13.2 Å². The molecule has 3 rings (SSSR count). The molecule has 0 bridgehead atoms. The van der Waals surface area contributed by atoms with Gasteiger partial charge in [-0.1, -0.05) is 24.3 Å². The molecule has 2 atom stereocenters. The SMILES string of the molecule is C[C@H](NC(=O)[C@H]1CC(F)(F)CN1CCOc1ccc(F)cc1)c1ccc(CO)cc1. The highest BCUT2D eigenvalue weighted by Gasteiger charge is 2.47. The van der Waals surface area contributed by atoms with E-state index in [1.807, 2.05) is 0 Å². The molecule has 8 heteroatoms. The van der Waals surface area contributed by atoms with E-state index in [-0.39, 0.29) is 25.8 Å². The lowest BCUT2D eigenvalue weighted by Crippen LogP contribution is -2.45. The van der Waals surface area contributed by atoms with E-state index in [2.05, 4.69) is 5.32 Å².